The average molecular weight is 357 g/mol. The van der Waals surface area contributed by atoms with E-state index in [0.29, 0.717) is 6.54 Å². The Balaban J connectivity index is 1.79. The zero-order valence-corrected chi connectivity index (χ0v) is 14.6. The Bertz CT molecular complexity index is 867. The first-order valence-electron chi connectivity index (χ1n) is 7.94. The van der Waals surface area contributed by atoms with Crippen molar-refractivity contribution < 1.29 is 4.92 Å². The third-order valence-electron chi connectivity index (χ3n) is 3.94. The second-order valence-corrected chi connectivity index (χ2v) is 6.61. The molecule has 3 rings (SSSR count). The molecular weight excluding hydrogens is 338 g/mol. The number of rotatable bonds is 8. The molecule has 0 radical (unpaired) electrons. The van der Waals surface area contributed by atoms with E-state index in [4.69, 9.17) is 0 Å². The first kappa shape index (κ1) is 17.4. The van der Waals surface area contributed by atoms with Crippen molar-refractivity contribution in [2.24, 2.45) is 0 Å². The fraction of sp³-hybridized carbons (Fsp3) is 0.294. The van der Waals surface area contributed by atoms with Gasteiger partial charge in [0.25, 0.3) is 5.69 Å². The van der Waals surface area contributed by atoms with Gasteiger partial charge in [-0.15, -0.1) is 10.2 Å². The predicted octanol–water partition coefficient (Wildman–Crippen LogP) is 3.22. The zero-order valence-electron chi connectivity index (χ0n) is 13.8. The number of nitro groups is 1. The molecule has 0 unspecified atom stereocenters. The van der Waals surface area contributed by atoms with Gasteiger partial charge >= 0.3 is 0 Å². The maximum absolute atomic E-state index is 10.9. The molecule has 25 heavy (non-hydrogen) atoms. The van der Waals surface area contributed by atoms with Crippen molar-refractivity contribution in [2.75, 3.05) is 12.0 Å². The number of nitro benzene ring substituents is 1. The van der Waals surface area contributed by atoms with E-state index >= 15 is 0 Å². The summed E-state index contributed by atoms with van der Waals surface area (Å²) in [5, 5.41) is 23.0. The van der Waals surface area contributed by atoms with E-state index in [2.05, 4.69) is 21.8 Å². The van der Waals surface area contributed by atoms with Gasteiger partial charge < -0.3 is 5.32 Å². The minimum absolute atomic E-state index is 0.0177. The molecule has 2 aromatic heterocycles. The average Bonchev–Trinajstić information content (AvgIpc) is 3.06. The molecule has 130 valence electrons. The summed E-state index contributed by atoms with van der Waals surface area (Å²) in [5.74, 6) is 1.84. The van der Waals surface area contributed by atoms with Crippen molar-refractivity contribution >= 4 is 23.1 Å². The van der Waals surface area contributed by atoms with E-state index in [0.717, 1.165) is 29.2 Å². The van der Waals surface area contributed by atoms with Gasteiger partial charge in [0.2, 0.25) is 0 Å². The molecule has 1 atom stereocenters. The molecule has 0 spiro atoms. The molecule has 3 aromatic rings. The molecule has 0 amide bonds. The van der Waals surface area contributed by atoms with E-state index in [9.17, 15) is 10.1 Å². The lowest BCUT2D eigenvalue weighted by molar-refractivity contribution is -0.384. The molecule has 2 heterocycles. The van der Waals surface area contributed by atoms with Gasteiger partial charge in [0.05, 0.1) is 11.0 Å². The van der Waals surface area contributed by atoms with Gasteiger partial charge in [-0.3, -0.25) is 14.5 Å². The van der Waals surface area contributed by atoms with Crippen LogP contribution in [0.1, 0.15) is 23.9 Å². The number of thioether (sulfide) groups is 1. The fourth-order valence-electron chi connectivity index (χ4n) is 2.68. The van der Waals surface area contributed by atoms with E-state index in [1.165, 1.54) is 6.07 Å². The number of nitrogens with zero attached hydrogens (tertiary/aromatic N) is 4. The molecule has 0 fully saturated rings. The SMILES string of the molecule is CSCC[C@H](NCc1cccc([N+](=O)[O-])c1)c1nnc2ccccn12. The summed E-state index contributed by atoms with van der Waals surface area (Å²) in [6, 6.07) is 12.5. The maximum atomic E-state index is 10.9. The summed E-state index contributed by atoms with van der Waals surface area (Å²) < 4.78 is 1.98. The van der Waals surface area contributed by atoms with Crippen LogP contribution in [0.4, 0.5) is 5.69 Å². The Morgan fingerprint density at radius 1 is 1.28 bits per heavy atom. The van der Waals surface area contributed by atoms with Crippen molar-refractivity contribution in [3.05, 3.63) is 70.2 Å². The summed E-state index contributed by atoms with van der Waals surface area (Å²) in [4.78, 5) is 10.6. The summed E-state index contributed by atoms with van der Waals surface area (Å²) in [6.45, 7) is 0.530. The van der Waals surface area contributed by atoms with Crippen LogP contribution in [0.3, 0.4) is 0 Å². The van der Waals surface area contributed by atoms with Gasteiger partial charge in [0.15, 0.2) is 11.5 Å². The Kier molecular flexibility index (Phi) is 5.62. The van der Waals surface area contributed by atoms with Gasteiger partial charge in [-0.2, -0.15) is 11.8 Å². The van der Waals surface area contributed by atoms with Crippen LogP contribution < -0.4 is 5.32 Å². The number of pyridine rings is 1. The number of benzene rings is 1. The minimum atomic E-state index is -0.374. The van der Waals surface area contributed by atoms with Crippen LogP contribution in [0, 0.1) is 10.1 Å². The third-order valence-corrected chi connectivity index (χ3v) is 4.58. The van der Waals surface area contributed by atoms with Crippen molar-refractivity contribution in [1.82, 2.24) is 19.9 Å². The quantitative estimate of drug-likeness (QED) is 0.492. The first-order valence-corrected chi connectivity index (χ1v) is 9.33. The van der Waals surface area contributed by atoms with Crippen LogP contribution in [0.15, 0.2) is 48.7 Å². The van der Waals surface area contributed by atoms with Crippen molar-refractivity contribution in [3.63, 3.8) is 0 Å². The molecule has 1 aromatic carbocycles. The molecule has 0 saturated heterocycles. The van der Waals surface area contributed by atoms with Crippen LogP contribution in [-0.2, 0) is 6.54 Å². The molecule has 0 aliphatic carbocycles. The second kappa shape index (κ2) is 8.09. The smallest absolute Gasteiger partial charge is 0.269 e. The number of hydrogen-bond acceptors (Lipinski definition) is 6. The van der Waals surface area contributed by atoms with Crippen LogP contribution in [-0.4, -0.2) is 31.5 Å². The summed E-state index contributed by atoms with van der Waals surface area (Å²) in [6.07, 6.45) is 4.91. The molecule has 0 aliphatic rings. The van der Waals surface area contributed by atoms with Gasteiger partial charge in [0.1, 0.15) is 0 Å². The van der Waals surface area contributed by atoms with Crippen molar-refractivity contribution in [3.8, 4) is 0 Å². The molecule has 0 aliphatic heterocycles. The van der Waals surface area contributed by atoms with E-state index < -0.39 is 0 Å². The topological polar surface area (TPSA) is 85.4 Å². The highest BCUT2D eigenvalue weighted by Gasteiger charge is 2.17. The van der Waals surface area contributed by atoms with E-state index in [1.54, 1.807) is 23.9 Å². The first-order chi connectivity index (χ1) is 12.2. The molecule has 0 saturated carbocycles. The standard InChI is InChI=1S/C17H19N5O2S/c1-25-10-8-15(17-20-19-16-7-2-3-9-21(16)17)18-12-13-5-4-6-14(11-13)22(23)24/h2-7,9,11,15,18H,8,10,12H2,1H3/t15-/m0/s1. The highest BCUT2D eigenvalue weighted by atomic mass is 32.2. The van der Waals surface area contributed by atoms with Crippen LogP contribution in [0.25, 0.3) is 5.65 Å². The molecule has 1 N–H and O–H groups in total. The summed E-state index contributed by atoms with van der Waals surface area (Å²) >= 11 is 1.77. The zero-order chi connectivity index (χ0) is 17.6. The van der Waals surface area contributed by atoms with Gasteiger partial charge in [-0.25, -0.2) is 0 Å². The minimum Gasteiger partial charge on any atom is -0.303 e. The Hall–Kier alpha value is -2.45. The Morgan fingerprint density at radius 2 is 2.16 bits per heavy atom. The van der Waals surface area contributed by atoms with Crippen LogP contribution in [0.2, 0.25) is 0 Å². The van der Waals surface area contributed by atoms with E-state index in [1.807, 2.05) is 34.9 Å². The van der Waals surface area contributed by atoms with Crippen LogP contribution in [0.5, 0.6) is 0 Å². The Labute approximate surface area is 149 Å². The molecule has 0 bridgehead atoms. The fourth-order valence-corrected chi connectivity index (χ4v) is 3.15. The van der Waals surface area contributed by atoms with E-state index in [-0.39, 0.29) is 16.7 Å². The number of fused-ring (bicyclic) bond motifs is 1. The highest BCUT2D eigenvalue weighted by Crippen LogP contribution is 2.20. The lowest BCUT2D eigenvalue weighted by atomic mass is 10.1. The number of hydrogen-bond donors (Lipinski definition) is 1. The van der Waals surface area contributed by atoms with Crippen molar-refractivity contribution in [1.29, 1.82) is 0 Å². The highest BCUT2D eigenvalue weighted by molar-refractivity contribution is 7.98. The monoisotopic (exact) mass is 357 g/mol. The number of aromatic nitrogens is 3. The summed E-state index contributed by atoms with van der Waals surface area (Å²) in [7, 11) is 0. The lowest BCUT2D eigenvalue weighted by Gasteiger charge is -2.17. The second-order valence-electron chi connectivity index (χ2n) is 5.63. The third kappa shape index (κ3) is 4.15. The molecule has 8 heteroatoms. The van der Waals surface area contributed by atoms with Gasteiger partial charge in [-0.1, -0.05) is 18.2 Å². The molecular formula is C17H19N5O2S. The predicted molar refractivity (Wildman–Crippen MR) is 98.7 cm³/mol. The van der Waals surface area contributed by atoms with Gasteiger partial charge in [-0.05, 0) is 36.1 Å². The number of nitrogens with one attached hydrogen (secondary N) is 1. The molecule has 7 nitrogen and oxygen atoms in total. The largest absolute Gasteiger partial charge is 0.303 e. The van der Waals surface area contributed by atoms with Crippen molar-refractivity contribution in [2.45, 2.75) is 19.0 Å². The summed E-state index contributed by atoms with van der Waals surface area (Å²) in [5.41, 5.74) is 1.79. The van der Waals surface area contributed by atoms with Crippen LogP contribution >= 0.6 is 11.8 Å². The normalized spacial score (nSPS) is 12.4. The Morgan fingerprint density at radius 3 is 2.96 bits per heavy atom. The lowest BCUT2D eigenvalue weighted by Crippen LogP contribution is -2.23. The maximum Gasteiger partial charge on any atom is 0.269 e. The number of non-ortho nitro benzene ring substituents is 1. The van der Waals surface area contributed by atoms with Gasteiger partial charge in [0, 0.05) is 24.9 Å².